The normalized spacial score (nSPS) is 17.6. The van der Waals surface area contributed by atoms with Crippen LogP contribution in [0.15, 0.2) is 69.7 Å². The van der Waals surface area contributed by atoms with Crippen molar-refractivity contribution in [2.45, 2.75) is 24.6 Å². The van der Waals surface area contributed by atoms with Crippen LogP contribution < -0.4 is 0 Å². The first kappa shape index (κ1) is 19.0. The van der Waals surface area contributed by atoms with E-state index in [-0.39, 0.29) is 23.0 Å². The van der Waals surface area contributed by atoms with Gasteiger partial charge in [0.15, 0.2) is 0 Å². The molecule has 1 amide bonds. The van der Waals surface area contributed by atoms with Crippen LogP contribution in [0.25, 0.3) is 0 Å². The second kappa shape index (κ2) is 8.32. The zero-order valence-electron chi connectivity index (χ0n) is 15.2. The number of hydrogen-bond acceptors (Lipinski definition) is 5. The van der Waals surface area contributed by atoms with Crippen molar-refractivity contribution in [2.24, 2.45) is 5.10 Å². The highest BCUT2D eigenvalue weighted by Crippen LogP contribution is 2.36. The lowest BCUT2D eigenvalue weighted by molar-refractivity contribution is -0.130. The summed E-state index contributed by atoms with van der Waals surface area (Å²) in [7, 11) is 0. The molecule has 28 heavy (non-hydrogen) atoms. The molecule has 0 radical (unpaired) electrons. The summed E-state index contributed by atoms with van der Waals surface area (Å²) >= 11 is 3.15. The Labute approximate surface area is 171 Å². The Morgan fingerprint density at radius 1 is 1.32 bits per heavy atom. The fraction of sp³-hybridized carbons (Fsp3) is 0.238. The summed E-state index contributed by atoms with van der Waals surface area (Å²) < 4.78 is 18.6. The molecule has 3 aromatic rings. The second-order valence-corrected chi connectivity index (χ2v) is 8.81. The summed E-state index contributed by atoms with van der Waals surface area (Å²) in [6.07, 6.45) is 2.25. The quantitative estimate of drug-likeness (QED) is 0.523. The first-order chi connectivity index (χ1) is 13.6. The third-order valence-corrected chi connectivity index (χ3v) is 6.80. The molecule has 1 aliphatic heterocycles. The molecule has 3 heterocycles. The highest BCUT2D eigenvalue weighted by molar-refractivity contribution is 8.00. The smallest absolute Gasteiger partial charge is 0.253 e. The predicted molar refractivity (Wildman–Crippen MR) is 111 cm³/mol. The molecule has 2 aromatic heterocycles. The lowest BCUT2D eigenvalue weighted by Gasteiger charge is -2.21. The molecule has 0 saturated carbocycles. The van der Waals surface area contributed by atoms with Crippen molar-refractivity contribution < 1.29 is 13.6 Å². The predicted octanol–water partition coefficient (Wildman–Crippen LogP) is 5.65. The van der Waals surface area contributed by atoms with Crippen LogP contribution in [0.3, 0.4) is 0 Å². The maximum atomic E-state index is 13.1. The molecule has 0 N–H and O–H groups in total. The highest BCUT2D eigenvalue weighted by atomic mass is 32.2. The summed E-state index contributed by atoms with van der Waals surface area (Å²) in [5.74, 6) is 0.700. The van der Waals surface area contributed by atoms with Crippen LogP contribution in [0.5, 0.6) is 0 Å². The Balaban J connectivity index is 1.47. The molecule has 2 unspecified atom stereocenters. The molecule has 4 rings (SSSR count). The van der Waals surface area contributed by atoms with Crippen molar-refractivity contribution in [3.8, 4) is 0 Å². The minimum atomic E-state index is -0.257. The fourth-order valence-electron chi connectivity index (χ4n) is 3.13. The molecule has 0 spiro atoms. The van der Waals surface area contributed by atoms with Gasteiger partial charge in [0.05, 0.1) is 18.1 Å². The lowest BCUT2D eigenvalue weighted by Crippen LogP contribution is -2.28. The van der Waals surface area contributed by atoms with Crippen molar-refractivity contribution in [3.63, 3.8) is 0 Å². The van der Waals surface area contributed by atoms with Crippen molar-refractivity contribution in [2.75, 3.05) is 5.75 Å². The summed E-state index contributed by atoms with van der Waals surface area (Å²) in [5, 5.41) is 8.26. The van der Waals surface area contributed by atoms with E-state index < -0.39 is 0 Å². The first-order valence-corrected chi connectivity index (χ1v) is 10.9. The molecule has 2 atom stereocenters. The van der Waals surface area contributed by atoms with E-state index in [1.165, 1.54) is 23.9 Å². The van der Waals surface area contributed by atoms with Crippen LogP contribution in [0.1, 0.15) is 40.8 Å². The number of carbonyl (C=O) groups excluding carboxylic acids is 1. The number of amides is 1. The second-order valence-electron chi connectivity index (χ2n) is 6.50. The van der Waals surface area contributed by atoms with Crippen molar-refractivity contribution in [1.82, 2.24) is 5.01 Å². The van der Waals surface area contributed by atoms with E-state index in [1.807, 2.05) is 36.6 Å². The van der Waals surface area contributed by atoms with E-state index >= 15 is 0 Å². The topological polar surface area (TPSA) is 45.8 Å². The van der Waals surface area contributed by atoms with Crippen molar-refractivity contribution >= 4 is 34.7 Å². The molecule has 0 bridgehead atoms. The third kappa shape index (κ3) is 4.05. The summed E-state index contributed by atoms with van der Waals surface area (Å²) in [4.78, 5) is 14.1. The van der Waals surface area contributed by atoms with E-state index in [1.54, 1.807) is 34.7 Å². The van der Waals surface area contributed by atoms with Crippen molar-refractivity contribution in [3.05, 3.63) is 82.2 Å². The Morgan fingerprint density at radius 3 is 2.82 bits per heavy atom. The van der Waals surface area contributed by atoms with Gasteiger partial charge in [0.25, 0.3) is 5.91 Å². The SMILES string of the molecule is CC(SCC(=O)N1N=C(c2ccco2)CC1c1cccs1)c1ccc(F)cc1. The van der Waals surface area contributed by atoms with E-state index in [4.69, 9.17) is 4.42 Å². The van der Waals surface area contributed by atoms with E-state index in [9.17, 15) is 9.18 Å². The van der Waals surface area contributed by atoms with Gasteiger partial charge < -0.3 is 4.42 Å². The van der Waals surface area contributed by atoms with Crippen LogP contribution >= 0.6 is 23.1 Å². The molecular weight excluding hydrogens is 395 g/mol. The standard InChI is InChI=1S/C21H19FN2O2S2/c1-14(15-6-8-16(22)9-7-15)28-13-21(25)24-18(20-5-3-11-27-20)12-17(23-24)19-4-2-10-26-19/h2-11,14,18H,12-13H2,1H3. The average molecular weight is 415 g/mol. The van der Waals surface area contributed by atoms with E-state index in [0.29, 0.717) is 17.9 Å². The van der Waals surface area contributed by atoms with Gasteiger partial charge in [-0.25, -0.2) is 9.40 Å². The Hall–Kier alpha value is -2.38. The number of hydrogen-bond donors (Lipinski definition) is 0. The van der Waals surface area contributed by atoms with Gasteiger partial charge in [0, 0.05) is 16.5 Å². The maximum Gasteiger partial charge on any atom is 0.253 e. The minimum absolute atomic E-state index is 0.0427. The van der Waals surface area contributed by atoms with Gasteiger partial charge >= 0.3 is 0 Å². The molecule has 0 aliphatic carbocycles. The van der Waals surface area contributed by atoms with Gasteiger partial charge in [0.1, 0.15) is 17.3 Å². The van der Waals surface area contributed by atoms with Gasteiger partial charge in [-0.2, -0.15) is 5.10 Å². The zero-order valence-corrected chi connectivity index (χ0v) is 16.9. The third-order valence-electron chi connectivity index (χ3n) is 4.64. The zero-order chi connectivity index (χ0) is 19.5. The van der Waals surface area contributed by atoms with Crippen LogP contribution in [-0.2, 0) is 4.79 Å². The van der Waals surface area contributed by atoms with Crippen molar-refractivity contribution in [1.29, 1.82) is 0 Å². The lowest BCUT2D eigenvalue weighted by atomic mass is 10.1. The van der Waals surface area contributed by atoms with Gasteiger partial charge in [0.2, 0.25) is 0 Å². The van der Waals surface area contributed by atoms with Crippen LogP contribution in [0.2, 0.25) is 0 Å². The molecular formula is C21H19FN2O2S2. The number of halogens is 1. The number of thiophene rings is 1. The number of carbonyl (C=O) groups is 1. The molecule has 0 fully saturated rings. The molecule has 4 nitrogen and oxygen atoms in total. The number of hydrazone groups is 1. The van der Waals surface area contributed by atoms with Crippen LogP contribution in [0, 0.1) is 5.82 Å². The van der Waals surface area contributed by atoms with Crippen LogP contribution in [0.4, 0.5) is 4.39 Å². The number of benzene rings is 1. The number of nitrogens with zero attached hydrogens (tertiary/aromatic N) is 2. The Bertz CT molecular complexity index is 953. The number of rotatable bonds is 6. The number of furan rings is 1. The van der Waals surface area contributed by atoms with Crippen LogP contribution in [-0.4, -0.2) is 22.4 Å². The van der Waals surface area contributed by atoms with Gasteiger partial charge in [-0.05, 0) is 48.2 Å². The highest BCUT2D eigenvalue weighted by Gasteiger charge is 2.34. The average Bonchev–Trinajstić information content (AvgIpc) is 3.46. The number of thioether (sulfide) groups is 1. The fourth-order valence-corrected chi connectivity index (χ4v) is 4.81. The maximum absolute atomic E-state index is 13.1. The molecule has 1 aliphatic rings. The first-order valence-electron chi connectivity index (χ1n) is 8.95. The van der Waals surface area contributed by atoms with Gasteiger partial charge in [-0.15, -0.1) is 23.1 Å². The Kier molecular flexibility index (Phi) is 5.64. The minimum Gasteiger partial charge on any atom is -0.463 e. The van der Waals surface area contributed by atoms with Gasteiger partial charge in [-0.3, -0.25) is 4.79 Å². The molecule has 0 saturated heterocycles. The monoisotopic (exact) mass is 414 g/mol. The summed E-state index contributed by atoms with van der Waals surface area (Å²) in [6, 6.07) is 14.0. The Morgan fingerprint density at radius 2 is 2.14 bits per heavy atom. The summed E-state index contributed by atoms with van der Waals surface area (Å²) in [6.45, 7) is 2.02. The molecule has 7 heteroatoms. The largest absolute Gasteiger partial charge is 0.463 e. The summed E-state index contributed by atoms with van der Waals surface area (Å²) in [5.41, 5.74) is 1.78. The van der Waals surface area contributed by atoms with Gasteiger partial charge in [-0.1, -0.05) is 18.2 Å². The molecule has 1 aromatic carbocycles. The van der Waals surface area contributed by atoms with E-state index in [0.717, 1.165) is 16.2 Å². The van der Waals surface area contributed by atoms with E-state index in [2.05, 4.69) is 5.10 Å². The molecule has 144 valence electrons.